The Balaban J connectivity index is 1.15. The number of Topliss-reactive ketones (excluding diaryl/α,β-unsaturated/α-hetero) is 1. The minimum atomic E-state index is -0.198. The molecule has 0 unspecified atom stereocenters. The van der Waals surface area contributed by atoms with E-state index in [0.29, 0.717) is 23.3 Å². The van der Waals surface area contributed by atoms with Crippen molar-refractivity contribution in [3.63, 3.8) is 0 Å². The minimum Gasteiger partial charge on any atom is -0.443 e. The molecule has 2 aliphatic heterocycles. The maximum atomic E-state index is 13.4. The summed E-state index contributed by atoms with van der Waals surface area (Å²) in [5.41, 5.74) is 10.9. The average Bonchev–Trinajstić information content (AvgIpc) is 3.60. The van der Waals surface area contributed by atoms with Crippen LogP contribution in [0.3, 0.4) is 0 Å². The number of imidazole rings is 1. The molecule has 0 atom stereocenters. The van der Waals surface area contributed by atoms with Gasteiger partial charge in [-0.25, -0.2) is 24.9 Å². The van der Waals surface area contributed by atoms with E-state index >= 15 is 0 Å². The molecule has 0 aliphatic carbocycles. The molecule has 1 spiro atoms. The second-order valence-electron chi connectivity index (χ2n) is 10.7. The van der Waals surface area contributed by atoms with Crippen LogP contribution in [0.4, 0.5) is 11.6 Å². The second-order valence-corrected chi connectivity index (χ2v) is 10.7. The van der Waals surface area contributed by atoms with Crippen molar-refractivity contribution >= 4 is 23.1 Å². The zero-order valence-electron chi connectivity index (χ0n) is 22.4. The third-order valence-corrected chi connectivity index (χ3v) is 8.20. The van der Waals surface area contributed by atoms with Crippen LogP contribution >= 0.6 is 0 Å². The fraction of sp³-hybridized carbons (Fsp3) is 0.310. The molecule has 11 heteroatoms. The Morgan fingerprint density at radius 2 is 1.98 bits per heavy atom. The lowest BCUT2D eigenvalue weighted by Gasteiger charge is -2.62. The second kappa shape index (κ2) is 9.23. The van der Waals surface area contributed by atoms with Gasteiger partial charge in [0.1, 0.15) is 29.1 Å². The van der Waals surface area contributed by atoms with Gasteiger partial charge in [0.15, 0.2) is 17.3 Å². The number of aromatic nitrogens is 6. The quantitative estimate of drug-likeness (QED) is 0.309. The molecule has 5 aromatic rings. The molecule has 40 heavy (non-hydrogen) atoms. The molecule has 0 aromatic carbocycles. The molecule has 2 N–H and O–H groups in total. The monoisotopic (exact) mass is 535 g/mol. The molecule has 11 nitrogen and oxygen atoms in total. The summed E-state index contributed by atoms with van der Waals surface area (Å²) in [7, 11) is 2.19. The highest BCUT2D eigenvalue weighted by Gasteiger charge is 2.51. The summed E-state index contributed by atoms with van der Waals surface area (Å²) in [6, 6.07) is 9.77. The summed E-state index contributed by atoms with van der Waals surface area (Å²) in [5, 5.41) is 0. The van der Waals surface area contributed by atoms with Crippen LogP contribution in [0.5, 0.6) is 0 Å². The van der Waals surface area contributed by atoms with E-state index in [-0.39, 0.29) is 29.6 Å². The van der Waals surface area contributed by atoms with E-state index in [9.17, 15) is 4.79 Å². The van der Waals surface area contributed by atoms with Crippen LogP contribution in [0.25, 0.3) is 28.5 Å². The van der Waals surface area contributed by atoms with Crippen molar-refractivity contribution in [2.24, 2.45) is 0 Å². The first-order valence-corrected chi connectivity index (χ1v) is 13.4. The van der Waals surface area contributed by atoms with Crippen molar-refractivity contribution in [1.82, 2.24) is 34.2 Å². The van der Waals surface area contributed by atoms with Gasteiger partial charge in [-0.15, -0.1) is 0 Å². The number of anilines is 2. The van der Waals surface area contributed by atoms with Gasteiger partial charge < -0.3 is 19.5 Å². The largest absolute Gasteiger partial charge is 0.443 e. The Morgan fingerprint density at radius 3 is 2.73 bits per heavy atom. The topological polar surface area (TPSA) is 132 Å². The zero-order chi connectivity index (χ0) is 27.4. The Kier molecular flexibility index (Phi) is 5.63. The van der Waals surface area contributed by atoms with Gasteiger partial charge in [0.25, 0.3) is 0 Å². The number of likely N-dealkylation sites (tertiary alicyclic amines) is 1. The number of oxazole rings is 1. The number of nitrogens with zero attached hydrogens (tertiary/aromatic N) is 8. The standard InChI is InChI=1S/C29H29N9O2/c1-18-14-32-22-9-6-19(15-38(18)22)24-26(28-31-11-13-40-28)35-27(30)25(34-24)21(39)8-7-20-4-3-5-23(33-20)37-16-29(17-37)10-12-36(29)2/h3-6,9,11,13-15H,7-8,10,12,16-17H2,1-2H3,(H2,30,35). The first-order valence-electron chi connectivity index (χ1n) is 13.4. The number of ketones is 1. The summed E-state index contributed by atoms with van der Waals surface area (Å²) in [5.74, 6) is 1.07. The van der Waals surface area contributed by atoms with E-state index in [0.717, 1.165) is 48.1 Å². The van der Waals surface area contributed by atoms with E-state index in [1.165, 1.54) is 18.9 Å². The summed E-state index contributed by atoms with van der Waals surface area (Å²) in [6.07, 6.45) is 8.63. The fourth-order valence-corrected chi connectivity index (χ4v) is 5.61. The Hall–Kier alpha value is -4.64. The summed E-state index contributed by atoms with van der Waals surface area (Å²) in [6.45, 7) is 5.12. The van der Waals surface area contributed by atoms with Crippen molar-refractivity contribution < 1.29 is 9.21 Å². The smallest absolute Gasteiger partial charge is 0.247 e. The van der Waals surface area contributed by atoms with Gasteiger partial charge in [-0.1, -0.05) is 6.07 Å². The molecule has 7 rings (SSSR count). The number of carbonyl (C=O) groups excluding carboxylic acids is 1. The van der Waals surface area contributed by atoms with Gasteiger partial charge in [0.05, 0.1) is 11.7 Å². The highest BCUT2D eigenvalue weighted by atomic mass is 16.3. The van der Waals surface area contributed by atoms with Gasteiger partial charge in [-0.2, -0.15) is 0 Å². The third kappa shape index (κ3) is 4.01. The van der Waals surface area contributed by atoms with Crippen LogP contribution in [0.2, 0.25) is 0 Å². The summed E-state index contributed by atoms with van der Waals surface area (Å²) >= 11 is 0. The van der Waals surface area contributed by atoms with Crippen LogP contribution in [0.15, 0.2) is 59.6 Å². The number of aryl methyl sites for hydroxylation is 2. The van der Waals surface area contributed by atoms with Gasteiger partial charge in [-0.05, 0) is 51.1 Å². The molecular formula is C29H29N9O2. The number of nitrogens with two attached hydrogens (primary N) is 1. The van der Waals surface area contributed by atoms with Crippen molar-refractivity contribution in [1.29, 1.82) is 0 Å². The van der Waals surface area contributed by atoms with E-state index in [1.54, 1.807) is 6.20 Å². The Morgan fingerprint density at radius 1 is 1.10 bits per heavy atom. The lowest BCUT2D eigenvalue weighted by Crippen LogP contribution is -2.76. The number of carbonyl (C=O) groups is 1. The Bertz CT molecular complexity index is 1740. The molecule has 202 valence electrons. The number of nitrogen functional groups attached to an aromatic ring is 1. The molecule has 0 amide bonds. The number of likely N-dealkylation sites (N-methyl/N-ethyl adjacent to an activating group) is 1. The molecule has 2 saturated heterocycles. The fourth-order valence-electron chi connectivity index (χ4n) is 5.61. The highest BCUT2D eigenvalue weighted by Crippen LogP contribution is 2.39. The molecule has 0 saturated carbocycles. The molecule has 2 aliphatic rings. The molecule has 5 aromatic heterocycles. The van der Waals surface area contributed by atoms with Gasteiger partial charge in [0, 0.05) is 55.4 Å². The number of hydrogen-bond acceptors (Lipinski definition) is 10. The number of hydrogen-bond donors (Lipinski definition) is 1. The molecular weight excluding hydrogens is 506 g/mol. The van der Waals surface area contributed by atoms with E-state index in [4.69, 9.17) is 20.1 Å². The van der Waals surface area contributed by atoms with Crippen molar-refractivity contribution in [2.75, 3.05) is 37.3 Å². The van der Waals surface area contributed by atoms with Crippen LogP contribution in [-0.2, 0) is 6.42 Å². The first kappa shape index (κ1) is 24.4. The molecule has 2 fully saturated rings. The average molecular weight is 536 g/mol. The number of fused-ring (bicyclic) bond motifs is 1. The van der Waals surface area contributed by atoms with Crippen molar-refractivity contribution in [3.8, 4) is 22.8 Å². The number of rotatable bonds is 7. The molecule has 0 bridgehead atoms. The van der Waals surface area contributed by atoms with Crippen molar-refractivity contribution in [3.05, 3.63) is 72.3 Å². The van der Waals surface area contributed by atoms with Crippen LogP contribution in [0.1, 0.15) is 34.7 Å². The maximum Gasteiger partial charge on any atom is 0.247 e. The van der Waals surface area contributed by atoms with Crippen LogP contribution < -0.4 is 10.6 Å². The van der Waals surface area contributed by atoms with E-state index < -0.39 is 0 Å². The number of pyridine rings is 2. The predicted molar refractivity (Wildman–Crippen MR) is 150 cm³/mol. The highest BCUT2D eigenvalue weighted by molar-refractivity contribution is 5.99. The SMILES string of the molecule is Cc1cnc2ccc(-c3nc(C(=O)CCc4cccc(N5CC6(CCN6C)C5)n4)c(N)nc3-c3ncco3)cn12. The zero-order valence-corrected chi connectivity index (χ0v) is 22.4. The predicted octanol–water partition coefficient (Wildman–Crippen LogP) is 3.44. The molecule has 0 radical (unpaired) electrons. The van der Waals surface area contributed by atoms with E-state index in [1.807, 2.05) is 47.9 Å². The minimum absolute atomic E-state index is 0.0408. The Labute approximate surface area is 230 Å². The van der Waals surface area contributed by atoms with Crippen LogP contribution in [0, 0.1) is 6.92 Å². The van der Waals surface area contributed by atoms with Gasteiger partial charge in [-0.3, -0.25) is 9.69 Å². The van der Waals surface area contributed by atoms with Crippen molar-refractivity contribution in [2.45, 2.75) is 31.7 Å². The third-order valence-electron chi connectivity index (χ3n) is 8.20. The van der Waals surface area contributed by atoms with Gasteiger partial charge in [0.2, 0.25) is 5.89 Å². The molecule has 7 heterocycles. The van der Waals surface area contributed by atoms with Crippen LogP contribution in [-0.4, -0.2) is 72.2 Å². The summed E-state index contributed by atoms with van der Waals surface area (Å²) < 4.78 is 7.48. The van der Waals surface area contributed by atoms with Gasteiger partial charge >= 0.3 is 0 Å². The first-order chi connectivity index (χ1) is 19.4. The normalized spacial score (nSPS) is 16.3. The lowest BCUT2D eigenvalue weighted by molar-refractivity contribution is -0.0131. The maximum absolute atomic E-state index is 13.4. The van der Waals surface area contributed by atoms with E-state index in [2.05, 4.69) is 31.8 Å². The summed E-state index contributed by atoms with van der Waals surface area (Å²) in [4.78, 5) is 40.9. The lowest BCUT2D eigenvalue weighted by atomic mass is 9.78.